The fourth-order valence-corrected chi connectivity index (χ4v) is 2.68. The third-order valence-electron chi connectivity index (χ3n) is 3.84. The van der Waals surface area contributed by atoms with E-state index in [2.05, 4.69) is 9.97 Å². The number of para-hydroxylation sites is 1. The lowest BCUT2D eigenvalue weighted by Gasteiger charge is -2.12. The van der Waals surface area contributed by atoms with Crippen molar-refractivity contribution in [3.05, 3.63) is 63.7 Å². The molecule has 0 atom stereocenters. The van der Waals surface area contributed by atoms with Crippen LogP contribution in [0.25, 0.3) is 10.9 Å². The lowest BCUT2D eigenvalue weighted by Crippen LogP contribution is -2.13. The molecule has 7 heteroatoms. The van der Waals surface area contributed by atoms with Crippen LogP contribution in [0.4, 0.5) is 0 Å². The highest BCUT2D eigenvalue weighted by molar-refractivity contribution is 5.92. The van der Waals surface area contributed by atoms with Gasteiger partial charge in [0.15, 0.2) is 11.5 Å². The van der Waals surface area contributed by atoms with Gasteiger partial charge in [0, 0.05) is 12.0 Å². The van der Waals surface area contributed by atoms with E-state index in [0.717, 1.165) is 5.56 Å². The number of hydrogen-bond donors (Lipinski definition) is 2. The van der Waals surface area contributed by atoms with Gasteiger partial charge in [0.25, 0.3) is 5.56 Å². The van der Waals surface area contributed by atoms with E-state index in [4.69, 9.17) is 14.6 Å². The molecule has 2 aromatic carbocycles. The van der Waals surface area contributed by atoms with Crippen LogP contribution in [-0.4, -0.2) is 35.3 Å². The van der Waals surface area contributed by atoms with Crippen molar-refractivity contribution in [2.75, 3.05) is 14.2 Å². The van der Waals surface area contributed by atoms with Crippen molar-refractivity contribution in [2.24, 2.45) is 0 Å². The highest BCUT2D eigenvalue weighted by atomic mass is 16.5. The molecule has 0 radical (unpaired) electrons. The van der Waals surface area contributed by atoms with Gasteiger partial charge >= 0.3 is 5.97 Å². The quantitative estimate of drug-likeness (QED) is 0.738. The Morgan fingerprint density at radius 1 is 1.20 bits per heavy atom. The number of carboxylic acids is 1. The van der Waals surface area contributed by atoms with Gasteiger partial charge < -0.3 is 19.6 Å². The molecular formula is C18H16N2O5. The van der Waals surface area contributed by atoms with Gasteiger partial charge in [-0.2, -0.15) is 0 Å². The van der Waals surface area contributed by atoms with Crippen molar-refractivity contribution in [2.45, 2.75) is 6.42 Å². The Balaban J connectivity index is 2.08. The second-order valence-electron chi connectivity index (χ2n) is 5.38. The molecule has 3 aromatic rings. The molecule has 0 spiro atoms. The predicted molar refractivity (Wildman–Crippen MR) is 91.7 cm³/mol. The first-order valence-electron chi connectivity index (χ1n) is 7.49. The first kappa shape index (κ1) is 16.5. The number of benzene rings is 2. The zero-order valence-electron chi connectivity index (χ0n) is 13.7. The Kier molecular flexibility index (Phi) is 4.38. The van der Waals surface area contributed by atoms with Gasteiger partial charge in [-0.25, -0.2) is 9.78 Å². The highest BCUT2D eigenvalue weighted by Crippen LogP contribution is 2.31. The van der Waals surface area contributed by atoms with E-state index in [1.54, 1.807) is 13.2 Å². The van der Waals surface area contributed by atoms with E-state index in [1.165, 1.54) is 25.3 Å². The minimum absolute atomic E-state index is 0.0792. The molecule has 3 rings (SSSR count). The molecule has 128 valence electrons. The smallest absolute Gasteiger partial charge is 0.335 e. The number of ether oxygens (including phenoxy) is 2. The number of nitrogens with zero attached hydrogens (tertiary/aromatic N) is 1. The van der Waals surface area contributed by atoms with Crippen LogP contribution in [0, 0.1) is 0 Å². The summed E-state index contributed by atoms with van der Waals surface area (Å²) in [4.78, 5) is 30.5. The number of rotatable bonds is 5. The summed E-state index contributed by atoms with van der Waals surface area (Å²) in [7, 11) is 3.09. The average Bonchev–Trinajstić information content (AvgIpc) is 2.60. The number of aromatic carboxylic acids is 1. The van der Waals surface area contributed by atoms with Gasteiger partial charge in [0.05, 0.1) is 30.7 Å². The minimum atomic E-state index is -1.07. The standard InChI is InChI=1S/C18H16N2O5/c1-24-14-5-3-4-10(16(14)25-2)9-15-19-13-8-11(18(22)23)6-7-12(13)17(21)20-15/h3-8H,9H2,1-2H3,(H,22,23)(H,19,20,21). The van der Waals surface area contributed by atoms with E-state index in [9.17, 15) is 9.59 Å². The van der Waals surface area contributed by atoms with Crippen LogP contribution in [0.15, 0.2) is 41.2 Å². The largest absolute Gasteiger partial charge is 0.493 e. The first-order valence-corrected chi connectivity index (χ1v) is 7.49. The maximum atomic E-state index is 12.2. The molecule has 0 fully saturated rings. The van der Waals surface area contributed by atoms with Crippen LogP contribution in [0.2, 0.25) is 0 Å². The number of nitrogens with one attached hydrogen (secondary N) is 1. The predicted octanol–water partition coefficient (Wildman–Crippen LogP) is 2.23. The van der Waals surface area contributed by atoms with Gasteiger partial charge in [-0.3, -0.25) is 4.79 Å². The van der Waals surface area contributed by atoms with E-state index < -0.39 is 5.97 Å². The SMILES string of the molecule is COc1cccc(Cc2nc3cc(C(=O)O)ccc3c(=O)[nH]2)c1OC. The fraction of sp³-hybridized carbons (Fsp3) is 0.167. The van der Waals surface area contributed by atoms with E-state index >= 15 is 0 Å². The number of carbonyl (C=O) groups is 1. The number of methoxy groups -OCH3 is 2. The number of aromatic amines is 1. The van der Waals surface area contributed by atoms with Crippen LogP contribution in [0.1, 0.15) is 21.7 Å². The van der Waals surface area contributed by atoms with Crippen molar-refractivity contribution in [1.82, 2.24) is 9.97 Å². The van der Waals surface area contributed by atoms with Crippen LogP contribution in [0.5, 0.6) is 11.5 Å². The lowest BCUT2D eigenvalue weighted by atomic mass is 10.1. The maximum Gasteiger partial charge on any atom is 0.335 e. The normalized spacial score (nSPS) is 10.6. The van der Waals surface area contributed by atoms with Gasteiger partial charge in [0.1, 0.15) is 5.82 Å². The summed E-state index contributed by atoms with van der Waals surface area (Å²) in [5.41, 5.74) is 0.883. The highest BCUT2D eigenvalue weighted by Gasteiger charge is 2.13. The number of H-pyrrole nitrogens is 1. The Morgan fingerprint density at radius 3 is 2.68 bits per heavy atom. The second-order valence-corrected chi connectivity index (χ2v) is 5.38. The number of hydrogen-bond acceptors (Lipinski definition) is 5. The Hall–Kier alpha value is -3.35. The summed E-state index contributed by atoms with van der Waals surface area (Å²) in [6.45, 7) is 0. The number of fused-ring (bicyclic) bond motifs is 1. The van der Waals surface area contributed by atoms with Crippen molar-refractivity contribution in [1.29, 1.82) is 0 Å². The molecule has 0 aliphatic rings. The topological polar surface area (TPSA) is 102 Å². The molecule has 7 nitrogen and oxygen atoms in total. The van der Waals surface area contributed by atoms with E-state index in [-0.39, 0.29) is 11.1 Å². The van der Waals surface area contributed by atoms with E-state index in [0.29, 0.717) is 34.6 Å². The monoisotopic (exact) mass is 340 g/mol. The number of carboxylic acid groups (broad SMARTS) is 1. The Bertz CT molecular complexity index is 1010. The Labute approximate surface area is 142 Å². The van der Waals surface area contributed by atoms with Gasteiger partial charge in [-0.15, -0.1) is 0 Å². The van der Waals surface area contributed by atoms with Crippen LogP contribution < -0.4 is 15.0 Å². The van der Waals surface area contributed by atoms with Gasteiger partial charge in [0.2, 0.25) is 0 Å². The zero-order valence-corrected chi connectivity index (χ0v) is 13.7. The lowest BCUT2D eigenvalue weighted by molar-refractivity contribution is 0.0697. The summed E-state index contributed by atoms with van der Waals surface area (Å²) in [5, 5.41) is 9.44. The molecule has 0 saturated carbocycles. The molecule has 25 heavy (non-hydrogen) atoms. The molecule has 1 heterocycles. The molecule has 1 aromatic heterocycles. The summed E-state index contributed by atoms with van der Waals surface area (Å²) >= 11 is 0. The third-order valence-corrected chi connectivity index (χ3v) is 3.84. The van der Waals surface area contributed by atoms with Gasteiger partial charge in [-0.05, 0) is 24.3 Å². The maximum absolute atomic E-state index is 12.2. The molecule has 0 aliphatic heterocycles. The summed E-state index contributed by atoms with van der Waals surface area (Å²) < 4.78 is 10.7. The molecule has 0 aliphatic carbocycles. The van der Waals surface area contributed by atoms with Gasteiger partial charge in [-0.1, -0.05) is 12.1 Å². The van der Waals surface area contributed by atoms with Crippen LogP contribution >= 0.6 is 0 Å². The fourth-order valence-electron chi connectivity index (χ4n) is 2.68. The molecule has 2 N–H and O–H groups in total. The zero-order chi connectivity index (χ0) is 18.0. The van der Waals surface area contributed by atoms with Crippen molar-refractivity contribution >= 4 is 16.9 Å². The molecule has 0 amide bonds. The van der Waals surface area contributed by atoms with Crippen molar-refractivity contribution < 1.29 is 19.4 Å². The van der Waals surface area contributed by atoms with Crippen molar-refractivity contribution in [3.63, 3.8) is 0 Å². The van der Waals surface area contributed by atoms with Crippen LogP contribution in [-0.2, 0) is 6.42 Å². The minimum Gasteiger partial charge on any atom is -0.493 e. The number of aromatic nitrogens is 2. The molecular weight excluding hydrogens is 324 g/mol. The third kappa shape index (κ3) is 3.16. The Morgan fingerprint density at radius 2 is 2.00 bits per heavy atom. The van der Waals surface area contributed by atoms with Crippen molar-refractivity contribution in [3.8, 4) is 11.5 Å². The van der Waals surface area contributed by atoms with E-state index in [1.807, 2.05) is 12.1 Å². The van der Waals surface area contributed by atoms with Crippen LogP contribution in [0.3, 0.4) is 0 Å². The summed E-state index contributed by atoms with van der Waals surface area (Å²) in [6.07, 6.45) is 0.308. The average molecular weight is 340 g/mol. The summed E-state index contributed by atoms with van der Waals surface area (Å²) in [6, 6.07) is 9.67. The second kappa shape index (κ2) is 6.64. The molecule has 0 unspecified atom stereocenters. The first-order chi connectivity index (χ1) is 12.0. The summed E-state index contributed by atoms with van der Waals surface area (Å²) in [5.74, 6) is 0.481. The molecule has 0 bridgehead atoms. The molecule has 0 saturated heterocycles.